The predicted octanol–water partition coefficient (Wildman–Crippen LogP) is 2.59. The number of thiophene rings is 1. The van der Waals surface area contributed by atoms with E-state index in [2.05, 4.69) is 0 Å². The smallest absolute Gasteiger partial charge is 0.129 e. The second kappa shape index (κ2) is 4.51. The van der Waals surface area contributed by atoms with Crippen molar-refractivity contribution in [2.24, 2.45) is 5.73 Å². The van der Waals surface area contributed by atoms with E-state index in [0.29, 0.717) is 0 Å². The van der Waals surface area contributed by atoms with Crippen molar-refractivity contribution in [1.82, 2.24) is 0 Å². The first kappa shape index (κ1) is 10.3. The zero-order chi connectivity index (χ0) is 10.7. The first-order valence-electron chi connectivity index (χ1n) is 4.70. The van der Waals surface area contributed by atoms with Crippen LogP contribution in [0.4, 0.5) is 0 Å². The molecule has 0 aliphatic rings. The molecule has 0 bridgehead atoms. The normalized spacial score (nSPS) is 12.7. The van der Waals surface area contributed by atoms with Crippen LogP contribution < -0.4 is 10.5 Å². The minimum Gasteiger partial charge on any atom is -0.496 e. The van der Waals surface area contributed by atoms with E-state index in [1.54, 1.807) is 24.7 Å². The van der Waals surface area contributed by atoms with Crippen LogP contribution in [-0.2, 0) is 6.42 Å². The summed E-state index contributed by atoms with van der Waals surface area (Å²) in [5.41, 5.74) is 6.05. The fraction of sp³-hybridized carbons (Fsp3) is 0.273. The van der Waals surface area contributed by atoms with Crippen molar-refractivity contribution in [3.63, 3.8) is 0 Å². The molecule has 2 rings (SSSR count). The molecule has 2 N–H and O–H groups in total. The van der Waals surface area contributed by atoms with Gasteiger partial charge in [0, 0.05) is 22.7 Å². The molecule has 15 heavy (non-hydrogen) atoms. The van der Waals surface area contributed by atoms with Gasteiger partial charge in [0.2, 0.25) is 0 Å². The van der Waals surface area contributed by atoms with Gasteiger partial charge in [-0.3, -0.25) is 0 Å². The van der Waals surface area contributed by atoms with E-state index in [-0.39, 0.29) is 6.04 Å². The van der Waals surface area contributed by atoms with Gasteiger partial charge >= 0.3 is 0 Å². The Kier molecular flexibility index (Phi) is 3.08. The van der Waals surface area contributed by atoms with Crippen LogP contribution in [0.1, 0.15) is 16.7 Å². The van der Waals surface area contributed by atoms with E-state index in [4.69, 9.17) is 14.9 Å². The van der Waals surface area contributed by atoms with Crippen LogP contribution in [0.2, 0.25) is 0 Å². The van der Waals surface area contributed by atoms with Gasteiger partial charge in [-0.15, -0.1) is 11.3 Å². The molecule has 0 aromatic carbocycles. The third-order valence-corrected chi connectivity index (χ3v) is 3.24. The van der Waals surface area contributed by atoms with Crippen LogP contribution in [-0.4, -0.2) is 7.11 Å². The lowest BCUT2D eigenvalue weighted by molar-refractivity contribution is 0.416. The Morgan fingerprint density at radius 2 is 2.47 bits per heavy atom. The largest absolute Gasteiger partial charge is 0.496 e. The lowest BCUT2D eigenvalue weighted by Gasteiger charge is -2.06. The summed E-state index contributed by atoms with van der Waals surface area (Å²) in [7, 11) is 1.66. The van der Waals surface area contributed by atoms with Gasteiger partial charge < -0.3 is 14.9 Å². The molecule has 80 valence electrons. The predicted molar refractivity (Wildman–Crippen MR) is 60.2 cm³/mol. The molecule has 2 aromatic rings. The maximum absolute atomic E-state index is 6.05. The third kappa shape index (κ3) is 2.40. The van der Waals surface area contributed by atoms with Crippen molar-refractivity contribution in [2.45, 2.75) is 12.5 Å². The molecule has 4 heteroatoms. The van der Waals surface area contributed by atoms with Gasteiger partial charge in [-0.1, -0.05) is 0 Å². The van der Waals surface area contributed by atoms with Crippen LogP contribution in [0.25, 0.3) is 0 Å². The van der Waals surface area contributed by atoms with Crippen LogP contribution in [0.5, 0.6) is 5.75 Å². The number of nitrogens with two attached hydrogens (primary N) is 1. The Hall–Kier alpha value is -1.26. The number of furan rings is 1. The van der Waals surface area contributed by atoms with Gasteiger partial charge in [0.25, 0.3) is 0 Å². The maximum Gasteiger partial charge on any atom is 0.129 e. The number of ether oxygens (including phenoxy) is 1. The van der Waals surface area contributed by atoms with Crippen LogP contribution in [0, 0.1) is 0 Å². The van der Waals surface area contributed by atoms with Crippen molar-refractivity contribution in [2.75, 3.05) is 7.11 Å². The summed E-state index contributed by atoms with van der Waals surface area (Å²) in [5, 5.41) is 1.96. The first-order chi connectivity index (χ1) is 7.29. The molecule has 0 saturated heterocycles. The zero-order valence-electron chi connectivity index (χ0n) is 8.47. The molecule has 0 spiro atoms. The molecule has 0 aliphatic carbocycles. The van der Waals surface area contributed by atoms with Crippen molar-refractivity contribution >= 4 is 11.3 Å². The van der Waals surface area contributed by atoms with Crippen LogP contribution in [0.3, 0.4) is 0 Å². The highest BCUT2D eigenvalue weighted by molar-refractivity contribution is 7.10. The fourth-order valence-electron chi connectivity index (χ4n) is 1.38. The highest BCUT2D eigenvalue weighted by Crippen LogP contribution is 2.27. The summed E-state index contributed by atoms with van der Waals surface area (Å²) in [4.78, 5) is 1.11. The highest BCUT2D eigenvalue weighted by atomic mass is 32.1. The van der Waals surface area contributed by atoms with Crippen LogP contribution in [0.15, 0.2) is 34.3 Å². The molecule has 0 amide bonds. The van der Waals surface area contributed by atoms with E-state index < -0.39 is 0 Å². The second-order valence-corrected chi connectivity index (χ2v) is 4.22. The standard InChI is InChI=1S/C11H13NO2S/c1-13-9-6-11(15-7-9)10(12)5-8-3-2-4-14-8/h2-4,6-7,10H,5,12H2,1H3. The van der Waals surface area contributed by atoms with Crippen LogP contribution >= 0.6 is 11.3 Å². The number of rotatable bonds is 4. The Morgan fingerprint density at radius 3 is 3.07 bits per heavy atom. The maximum atomic E-state index is 6.05. The van der Waals surface area contributed by atoms with Crippen molar-refractivity contribution in [1.29, 1.82) is 0 Å². The molecule has 0 fully saturated rings. The van der Waals surface area contributed by atoms with Crippen molar-refractivity contribution < 1.29 is 9.15 Å². The molecule has 0 radical (unpaired) electrons. The lowest BCUT2D eigenvalue weighted by atomic mass is 10.1. The Bertz CT molecular complexity index is 408. The highest BCUT2D eigenvalue weighted by Gasteiger charge is 2.11. The van der Waals surface area contributed by atoms with E-state index in [0.717, 1.165) is 22.8 Å². The van der Waals surface area contributed by atoms with Crippen molar-refractivity contribution in [3.8, 4) is 5.75 Å². The Balaban J connectivity index is 2.04. The van der Waals surface area contributed by atoms with E-state index in [1.165, 1.54) is 0 Å². The lowest BCUT2D eigenvalue weighted by Crippen LogP contribution is -2.11. The van der Waals surface area contributed by atoms with Crippen molar-refractivity contribution in [3.05, 3.63) is 40.5 Å². The molecule has 1 unspecified atom stereocenters. The number of hydrogen-bond donors (Lipinski definition) is 1. The van der Waals surface area contributed by atoms with Gasteiger partial charge in [0.05, 0.1) is 13.4 Å². The van der Waals surface area contributed by atoms with E-state index in [9.17, 15) is 0 Å². The molecule has 2 aromatic heterocycles. The molecule has 3 nitrogen and oxygen atoms in total. The summed E-state index contributed by atoms with van der Waals surface area (Å²) in [5.74, 6) is 1.78. The van der Waals surface area contributed by atoms with Gasteiger partial charge in [-0.25, -0.2) is 0 Å². The molecule has 1 atom stereocenters. The second-order valence-electron chi connectivity index (χ2n) is 3.28. The Labute approximate surface area is 92.5 Å². The summed E-state index contributed by atoms with van der Waals surface area (Å²) >= 11 is 1.61. The molecular weight excluding hydrogens is 210 g/mol. The topological polar surface area (TPSA) is 48.4 Å². The average Bonchev–Trinajstić information content (AvgIpc) is 2.86. The minimum absolute atomic E-state index is 0.0231. The van der Waals surface area contributed by atoms with Gasteiger partial charge in [-0.05, 0) is 18.2 Å². The van der Waals surface area contributed by atoms with E-state index >= 15 is 0 Å². The average molecular weight is 223 g/mol. The van der Waals surface area contributed by atoms with Gasteiger partial charge in [-0.2, -0.15) is 0 Å². The first-order valence-corrected chi connectivity index (χ1v) is 5.58. The Morgan fingerprint density at radius 1 is 1.60 bits per heavy atom. The third-order valence-electron chi connectivity index (χ3n) is 2.20. The van der Waals surface area contributed by atoms with Gasteiger partial charge in [0.1, 0.15) is 11.5 Å². The zero-order valence-corrected chi connectivity index (χ0v) is 9.29. The number of hydrogen-bond acceptors (Lipinski definition) is 4. The molecule has 0 aliphatic heterocycles. The summed E-state index contributed by atoms with van der Waals surface area (Å²) in [6, 6.07) is 5.75. The summed E-state index contributed by atoms with van der Waals surface area (Å²) < 4.78 is 10.4. The monoisotopic (exact) mass is 223 g/mol. The quantitative estimate of drug-likeness (QED) is 0.866. The van der Waals surface area contributed by atoms with E-state index in [1.807, 2.05) is 23.6 Å². The summed E-state index contributed by atoms with van der Waals surface area (Å²) in [6.45, 7) is 0. The fourth-order valence-corrected chi connectivity index (χ4v) is 2.24. The molecule has 0 saturated carbocycles. The summed E-state index contributed by atoms with van der Waals surface area (Å²) in [6.07, 6.45) is 2.38. The molecule has 2 heterocycles. The molecular formula is C11H13NO2S. The minimum atomic E-state index is -0.0231. The van der Waals surface area contributed by atoms with Gasteiger partial charge in [0.15, 0.2) is 0 Å². The number of methoxy groups -OCH3 is 1. The SMILES string of the molecule is COc1csc(C(N)Cc2ccco2)c1.